The highest BCUT2D eigenvalue weighted by atomic mass is 16.5. The van der Waals surface area contributed by atoms with Gasteiger partial charge < -0.3 is 19.5 Å². The Morgan fingerprint density at radius 1 is 1.00 bits per heavy atom. The Hall–Kier alpha value is -3.88. The molecule has 1 amide bonds. The first-order valence-electron chi connectivity index (χ1n) is 8.13. The van der Waals surface area contributed by atoms with Crippen LogP contribution in [0.4, 0.5) is 5.69 Å². The molecule has 0 atom stereocenters. The van der Waals surface area contributed by atoms with Gasteiger partial charge in [-0.15, -0.1) is 0 Å². The van der Waals surface area contributed by atoms with Gasteiger partial charge in [0.2, 0.25) is 0 Å². The Kier molecular flexibility index (Phi) is 5.25. The molecule has 0 fully saturated rings. The van der Waals surface area contributed by atoms with Crippen LogP contribution in [0.25, 0.3) is 10.8 Å². The lowest BCUT2D eigenvalue weighted by atomic mass is 10.1. The number of esters is 1. The monoisotopic (exact) mass is 383 g/mol. The highest BCUT2D eigenvalue weighted by Gasteiger charge is 2.21. The van der Waals surface area contributed by atoms with E-state index < -0.39 is 17.4 Å². The van der Waals surface area contributed by atoms with Crippen molar-refractivity contribution in [2.75, 3.05) is 26.6 Å². The molecule has 3 rings (SSSR count). The van der Waals surface area contributed by atoms with E-state index in [9.17, 15) is 14.4 Å². The molecule has 0 saturated carbocycles. The molecule has 144 valence electrons. The molecule has 2 aromatic carbocycles. The average Bonchev–Trinajstić information content (AvgIpc) is 2.73. The summed E-state index contributed by atoms with van der Waals surface area (Å²) in [6, 6.07) is 9.42. The molecule has 9 nitrogen and oxygen atoms in total. The zero-order chi connectivity index (χ0) is 20.3. The lowest BCUT2D eigenvalue weighted by molar-refractivity contribution is 0.0601. The van der Waals surface area contributed by atoms with Gasteiger partial charge in [-0.2, -0.15) is 5.10 Å². The third-order valence-electron chi connectivity index (χ3n) is 4.09. The molecule has 9 heteroatoms. The summed E-state index contributed by atoms with van der Waals surface area (Å²) in [5, 5.41) is 9.47. The van der Waals surface area contributed by atoms with Gasteiger partial charge in [0, 0.05) is 17.5 Å². The number of benzene rings is 2. The second-order valence-electron chi connectivity index (χ2n) is 5.65. The van der Waals surface area contributed by atoms with Crippen LogP contribution in [0.15, 0.2) is 41.2 Å². The summed E-state index contributed by atoms with van der Waals surface area (Å²) in [7, 11) is 4.08. The number of nitrogens with zero attached hydrogens (tertiary/aromatic N) is 1. The molecule has 0 aliphatic rings. The number of methoxy groups -OCH3 is 3. The van der Waals surface area contributed by atoms with Crippen LogP contribution in [0, 0.1) is 0 Å². The van der Waals surface area contributed by atoms with Crippen LogP contribution < -0.4 is 20.3 Å². The van der Waals surface area contributed by atoms with Crippen molar-refractivity contribution in [1.82, 2.24) is 10.2 Å². The fourth-order valence-corrected chi connectivity index (χ4v) is 2.73. The number of amides is 1. The van der Waals surface area contributed by atoms with Crippen LogP contribution in [0.2, 0.25) is 0 Å². The quantitative estimate of drug-likeness (QED) is 0.647. The van der Waals surface area contributed by atoms with Gasteiger partial charge in [0.05, 0.1) is 38.0 Å². The van der Waals surface area contributed by atoms with E-state index in [0.29, 0.717) is 22.3 Å². The standard InChI is InChI=1S/C19H17N3O6/c1-26-14-8-12(19(25)28-3)13(9-15(14)27-2)20-18(24)16-10-6-4-5-7-11(10)17(23)22-21-16/h4-9H,1-3H3,(H,20,24)(H,22,23). The number of hydrogen-bond donors (Lipinski definition) is 2. The van der Waals surface area contributed by atoms with Crippen molar-refractivity contribution in [3.63, 3.8) is 0 Å². The first-order chi connectivity index (χ1) is 13.5. The highest BCUT2D eigenvalue weighted by molar-refractivity contribution is 6.13. The second-order valence-corrected chi connectivity index (χ2v) is 5.65. The van der Waals surface area contributed by atoms with E-state index in [1.54, 1.807) is 24.3 Å². The van der Waals surface area contributed by atoms with Crippen LogP contribution in [-0.4, -0.2) is 43.4 Å². The summed E-state index contributed by atoms with van der Waals surface area (Å²) in [5.41, 5.74) is -0.192. The minimum absolute atomic E-state index is 0.000741. The number of aromatic nitrogens is 2. The van der Waals surface area contributed by atoms with Gasteiger partial charge in [-0.3, -0.25) is 9.59 Å². The summed E-state index contributed by atoms with van der Waals surface area (Å²) in [6.07, 6.45) is 0. The van der Waals surface area contributed by atoms with E-state index >= 15 is 0 Å². The minimum atomic E-state index is -0.671. The summed E-state index contributed by atoms with van der Waals surface area (Å²) in [5.74, 6) is -0.682. The van der Waals surface area contributed by atoms with Crippen molar-refractivity contribution in [1.29, 1.82) is 0 Å². The average molecular weight is 383 g/mol. The number of hydrogen-bond acceptors (Lipinski definition) is 7. The Balaban J connectivity index is 2.08. The molecule has 0 unspecified atom stereocenters. The summed E-state index contributed by atoms with van der Waals surface area (Å²) in [6.45, 7) is 0. The number of ether oxygens (including phenoxy) is 3. The van der Waals surface area contributed by atoms with Gasteiger partial charge in [-0.1, -0.05) is 18.2 Å². The molecule has 0 aliphatic heterocycles. The molecule has 0 radical (unpaired) electrons. The lowest BCUT2D eigenvalue weighted by Crippen LogP contribution is -2.20. The number of rotatable bonds is 5. The minimum Gasteiger partial charge on any atom is -0.493 e. The number of anilines is 1. The fraction of sp³-hybridized carbons (Fsp3) is 0.158. The molecule has 0 saturated heterocycles. The van der Waals surface area contributed by atoms with Gasteiger partial charge in [0.25, 0.3) is 11.5 Å². The molecule has 1 aromatic heterocycles. The normalized spacial score (nSPS) is 10.4. The molecular weight excluding hydrogens is 366 g/mol. The second kappa shape index (κ2) is 7.78. The van der Waals surface area contributed by atoms with E-state index in [1.807, 2.05) is 0 Å². The van der Waals surface area contributed by atoms with Gasteiger partial charge >= 0.3 is 5.97 Å². The number of aromatic amines is 1. The highest BCUT2D eigenvalue weighted by Crippen LogP contribution is 2.34. The number of carbonyl (C=O) groups excluding carboxylic acids is 2. The molecule has 0 aliphatic carbocycles. The maximum atomic E-state index is 12.8. The number of fused-ring (bicyclic) bond motifs is 1. The Morgan fingerprint density at radius 2 is 1.64 bits per heavy atom. The van der Waals surface area contributed by atoms with Gasteiger partial charge in [0.1, 0.15) is 0 Å². The third-order valence-corrected chi connectivity index (χ3v) is 4.09. The van der Waals surface area contributed by atoms with Crippen LogP contribution in [-0.2, 0) is 4.74 Å². The van der Waals surface area contributed by atoms with E-state index in [1.165, 1.54) is 33.5 Å². The Labute approximate surface area is 159 Å². The van der Waals surface area contributed by atoms with Crippen molar-refractivity contribution < 1.29 is 23.8 Å². The molecule has 3 aromatic rings. The Morgan fingerprint density at radius 3 is 2.29 bits per heavy atom. The van der Waals surface area contributed by atoms with Crippen LogP contribution in [0.3, 0.4) is 0 Å². The largest absolute Gasteiger partial charge is 0.493 e. The van der Waals surface area contributed by atoms with Crippen LogP contribution in [0.5, 0.6) is 11.5 Å². The zero-order valence-electron chi connectivity index (χ0n) is 15.4. The van der Waals surface area contributed by atoms with E-state index in [0.717, 1.165) is 0 Å². The van der Waals surface area contributed by atoms with E-state index in [-0.39, 0.29) is 16.9 Å². The number of H-pyrrole nitrogens is 1. The maximum absolute atomic E-state index is 12.8. The van der Waals surface area contributed by atoms with Crippen LogP contribution in [0.1, 0.15) is 20.8 Å². The zero-order valence-corrected chi connectivity index (χ0v) is 15.4. The Bertz CT molecular complexity index is 1120. The van der Waals surface area contributed by atoms with Crippen molar-refractivity contribution in [2.45, 2.75) is 0 Å². The van der Waals surface area contributed by atoms with Gasteiger partial charge in [-0.25, -0.2) is 9.89 Å². The molecule has 0 bridgehead atoms. The van der Waals surface area contributed by atoms with Crippen molar-refractivity contribution >= 4 is 28.3 Å². The lowest BCUT2D eigenvalue weighted by Gasteiger charge is -2.14. The molecular formula is C19H17N3O6. The molecule has 1 heterocycles. The first-order valence-corrected chi connectivity index (χ1v) is 8.13. The van der Waals surface area contributed by atoms with Crippen molar-refractivity contribution in [3.05, 3.63) is 58.0 Å². The smallest absolute Gasteiger partial charge is 0.340 e. The topological polar surface area (TPSA) is 120 Å². The fourth-order valence-electron chi connectivity index (χ4n) is 2.73. The van der Waals surface area contributed by atoms with Gasteiger partial charge in [-0.05, 0) is 6.07 Å². The predicted molar refractivity (Wildman–Crippen MR) is 101 cm³/mol. The van der Waals surface area contributed by atoms with Crippen LogP contribution >= 0.6 is 0 Å². The molecule has 28 heavy (non-hydrogen) atoms. The number of carbonyl (C=O) groups is 2. The number of nitrogens with one attached hydrogen (secondary N) is 2. The maximum Gasteiger partial charge on any atom is 0.340 e. The molecule has 0 spiro atoms. The third kappa shape index (κ3) is 3.37. The summed E-state index contributed by atoms with van der Waals surface area (Å²) >= 11 is 0. The molecule has 2 N–H and O–H groups in total. The van der Waals surface area contributed by atoms with E-state index in [2.05, 4.69) is 15.5 Å². The van der Waals surface area contributed by atoms with E-state index in [4.69, 9.17) is 14.2 Å². The SMILES string of the molecule is COC(=O)c1cc(OC)c(OC)cc1NC(=O)c1n[nH]c(=O)c2ccccc12. The van der Waals surface area contributed by atoms with Crippen molar-refractivity contribution in [3.8, 4) is 11.5 Å². The first kappa shape index (κ1) is 18.9. The predicted octanol–water partition coefficient (Wildman–Crippen LogP) is 1.98. The van der Waals surface area contributed by atoms with Crippen molar-refractivity contribution in [2.24, 2.45) is 0 Å². The van der Waals surface area contributed by atoms with Gasteiger partial charge in [0.15, 0.2) is 17.2 Å². The summed E-state index contributed by atoms with van der Waals surface area (Å²) in [4.78, 5) is 36.9. The summed E-state index contributed by atoms with van der Waals surface area (Å²) < 4.78 is 15.2.